The van der Waals surface area contributed by atoms with Crippen LogP contribution in [0, 0.1) is 5.82 Å². The van der Waals surface area contributed by atoms with Gasteiger partial charge in [-0.15, -0.1) is 0 Å². The standard InChI is InChI=1S/C12H17ClFN/c1-3-5-12(15-4-2)10-8-9(13)6-7-11(10)14/h6-8,12,15H,3-5H2,1-2H3. The number of hydrogen-bond donors (Lipinski definition) is 1. The Morgan fingerprint density at radius 1 is 1.40 bits per heavy atom. The maximum absolute atomic E-state index is 13.6. The molecule has 1 unspecified atom stereocenters. The van der Waals surface area contributed by atoms with Gasteiger partial charge in [0.25, 0.3) is 0 Å². The highest BCUT2D eigenvalue weighted by Gasteiger charge is 2.13. The summed E-state index contributed by atoms with van der Waals surface area (Å²) >= 11 is 5.87. The Hall–Kier alpha value is -0.600. The summed E-state index contributed by atoms with van der Waals surface area (Å²) in [5.41, 5.74) is 0.672. The van der Waals surface area contributed by atoms with E-state index in [2.05, 4.69) is 12.2 Å². The Morgan fingerprint density at radius 2 is 2.13 bits per heavy atom. The van der Waals surface area contributed by atoms with Gasteiger partial charge in [-0.05, 0) is 31.2 Å². The molecule has 0 aliphatic heterocycles. The SMILES string of the molecule is CCCC(NCC)c1cc(Cl)ccc1F. The Balaban J connectivity index is 2.93. The molecule has 0 aliphatic rings. The largest absolute Gasteiger partial charge is 0.310 e. The fraction of sp³-hybridized carbons (Fsp3) is 0.500. The minimum atomic E-state index is -0.182. The average molecular weight is 230 g/mol. The van der Waals surface area contributed by atoms with Gasteiger partial charge in [0, 0.05) is 16.6 Å². The van der Waals surface area contributed by atoms with Crippen LogP contribution in [0.2, 0.25) is 5.02 Å². The van der Waals surface area contributed by atoms with Crippen molar-refractivity contribution < 1.29 is 4.39 Å². The third-order valence-corrected chi connectivity index (χ3v) is 2.60. The van der Waals surface area contributed by atoms with Crippen molar-refractivity contribution in [3.8, 4) is 0 Å². The normalized spacial score (nSPS) is 12.8. The van der Waals surface area contributed by atoms with Gasteiger partial charge in [-0.3, -0.25) is 0 Å². The van der Waals surface area contributed by atoms with Crippen LogP contribution in [0.4, 0.5) is 4.39 Å². The molecule has 0 fully saturated rings. The summed E-state index contributed by atoms with van der Waals surface area (Å²) in [5, 5.41) is 3.86. The number of rotatable bonds is 5. The van der Waals surface area contributed by atoms with E-state index in [4.69, 9.17) is 11.6 Å². The molecule has 3 heteroatoms. The Bertz CT molecular complexity index is 308. The molecule has 0 heterocycles. The molecule has 0 amide bonds. The van der Waals surface area contributed by atoms with Crippen molar-refractivity contribution in [1.82, 2.24) is 5.32 Å². The minimum absolute atomic E-state index is 0.0682. The molecule has 1 aromatic carbocycles. The molecule has 1 rings (SSSR count). The average Bonchev–Trinajstić information content (AvgIpc) is 2.21. The predicted octanol–water partition coefficient (Wildman–Crippen LogP) is 3.93. The van der Waals surface area contributed by atoms with Gasteiger partial charge in [-0.1, -0.05) is 31.9 Å². The van der Waals surface area contributed by atoms with E-state index < -0.39 is 0 Å². The number of halogens is 2. The first-order valence-electron chi connectivity index (χ1n) is 5.37. The zero-order valence-corrected chi connectivity index (χ0v) is 9.94. The van der Waals surface area contributed by atoms with E-state index in [0.29, 0.717) is 10.6 Å². The minimum Gasteiger partial charge on any atom is -0.310 e. The van der Waals surface area contributed by atoms with Crippen LogP contribution in [0.3, 0.4) is 0 Å². The van der Waals surface area contributed by atoms with Gasteiger partial charge in [-0.25, -0.2) is 4.39 Å². The second kappa shape index (κ2) is 6.09. The van der Waals surface area contributed by atoms with E-state index >= 15 is 0 Å². The van der Waals surface area contributed by atoms with Gasteiger partial charge in [-0.2, -0.15) is 0 Å². The first kappa shape index (κ1) is 12.5. The molecule has 84 valence electrons. The van der Waals surface area contributed by atoms with Crippen LogP contribution in [0.1, 0.15) is 38.3 Å². The zero-order valence-electron chi connectivity index (χ0n) is 9.19. The summed E-state index contributed by atoms with van der Waals surface area (Å²) in [6, 6.07) is 4.78. The molecule has 0 saturated carbocycles. The smallest absolute Gasteiger partial charge is 0.128 e. The molecule has 0 aliphatic carbocycles. The Morgan fingerprint density at radius 3 is 2.73 bits per heavy atom. The lowest BCUT2D eigenvalue weighted by Crippen LogP contribution is -2.21. The quantitative estimate of drug-likeness (QED) is 0.807. The molecule has 15 heavy (non-hydrogen) atoms. The first-order chi connectivity index (χ1) is 7.19. The van der Waals surface area contributed by atoms with Crippen molar-refractivity contribution in [2.24, 2.45) is 0 Å². The van der Waals surface area contributed by atoms with Gasteiger partial charge in [0.1, 0.15) is 5.82 Å². The summed E-state index contributed by atoms with van der Waals surface area (Å²) < 4.78 is 13.6. The summed E-state index contributed by atoms with van der Waals surface area (Å²) in [5.74, 6) is -0.182. The first-order valence-corrected chi connectivity index (χ1v) is 5.75. The van der Waals surface area contributed by atoms with Crippen LogP contribution in [0.15, 0.2) is 18.2 Å². The van der Waals surface area contributed by atoms with Crippen molar-refractivity contribution in [2.75, 3.05) is 6.54 Å². The maximum atomic E-state index is 13.6. The number of hydrogen-bond acceptors (Lipinski definition) is 1. The molecule has 1 nitrogen and oxygen atoms in total. The highest BCUT2D eigenvalue weighted by atomic mass is 35.5. The molecule has 1 aromatic rings. The third kappa shape index (κ3) is 3.47. The van der Waals surface area contributed by atoms with Crippen LogP contribution >= 0.6 is 11.6 Å². The molecule has 0 radical (unpaired) electrons. The van der Waals surface area contributed by atoms with Crippen LogP contribution in [-0.2, 0) is 0 Å². The lowest BCUT2D eigenvalue weighted by Gasteiger charge is -2.18. The second-order valence-corrected chi connectivity index (χ2v) is 4.00. The van der Waals surface area contributed by atoms with Gasteiger partial charge in [0.2, 0.25) is 0 Å². The number of nitrogens with one attached hydrogen (secondary N) is 1. The monoisotopic (exact) mass is 229 g/mol. The fourth-order valence-electron chi connectivity index (χ4n) is 1.68. The van der Waals surface area contributed by atoms with Gasteiger partial charge < -0.3 is 5.32 Å². The summed E-state index contributed by atoms with van der Waals surface area (Å²) in [6.45, 7) is 4.94. The molecular weight excluding hydrogens is 213 g/mol. The van der Waals surface area contributed by atoms with Crippen LogP contribution in [0.25, 0.3) is 0 Å². The van der Waals surface area contributed by atoms with Crippen molar-refractivity contribution in [1.29, 1.82) is 0 Å². The summed E-state index contributed by atoms with van der Waals surface area (Å²) in [6.07, 6.45) is 1.94. The molecule has 0 spiro atoms. The van der Waals surface area contributed by atoms with Crippen molar-refractivity contribution in [3.05, 3.63) is 34.6 Å². The Kier molecular flexibility index (Phi) is 5.06. The molecule has 0 aromatic heterocycles. The lowest BCUT2D eigenvalue weighted by molar-refractivity contribution is 0.481. The van der Waals surface area contributed by atoms with Crippen LogP contribution in [0.5, 0.6) is 0 Å². The molecular formula is C12H17ClFN. The van der Waals surface area contributed by atoms with Crippen LogP contribution in [-0.4, -0.2) is 6.54 Å². The van der Waals surface area contributed by atoms with Gasteiger partial charge >= 0.3 is 0 Å². The molecule has 0 saturated heterocycles. The van der Waals surface area contributed by atoms with Gasteiger partial charge in [0.15, 0.2) is 0 Å². The highest BCUT2D eigenvalue weighted by molar-refractivity contribution is 6.30. The van der Waals surface area contributed by atoms with Gasteiger partial charge in [0.05, 0.1) is 0 Å². The summed E-state index contributed by atoms with van der Waals surface area (Å²) in [4.78, 5) is 0. The highest BCUT2D eigenvalue weighted by Crippen LogP contribution is 2.24. The van der Waals surface area contributed by atoms with Crippen molar-refractivity contribution >= 4 is 11.6 Å². The molecule has 1 N–H and O–H groups in total. The van der Waals surface area contributed by atoms with E-state index in [1.54, 1.807) is 12.1 Å². The van der Waals surface area contributed by atoms with Crippen molar-refractivity contribution in [3.63, 3.8) is 0 Å². The predicted molar refractivity (Wildman–Crippen MR) is 62.7 cm³/mol. The van der Waals surface area contributed by atoms with E-state index in [0.717, 1.165) is 19.4 Å². The van der Waals surface area contributed by atoms with Crippen LogP contribution < -0.4 is 5.32 Å². The second-order valence-electron chi connectivity index (χ2n) is 3.56. The van der Waals surface area contributed by atoms with E-state index in [1.165, 1.54) is 6.07 Å². The molecule has 1 atom stereocenters. The lowest BCUT2D eigenvalue weighted by atomic mass is 10.0. The van der Waals surface area contributed by atoms with E-state index in [1.807, 2.05) is 6.92 Å². The van der Waals surface area contributed by atoms with E-state index in [9.17, 15) is 4.39 Å². The zero-order chi connectivity index (χ0) is 11.3. The summed E-state index contributed by atoms with van der Waals surface area (Å²) in [7, 11) is 0. The van der Waals surface area contributed by atoms with Crippen molar-refractivity contribution in [2.45, 2.75) is 32.7 Å². The fourth-order valence-corrected chi connectivity index (χ4v) is 1.86. The topological polar surface area (TPSA) is 12.0 Å². The maximum Gasteiger partial charge on any atom is 0.128 e. The molecule has 0 bridgehead atoms. The number of benzene rings is 1. The Labute approximate surface area is 95.6 Å². The van der Waals surface area contributed by atoms with E-state index in [-0.39, 0.29) is 11.9 Å². The third-order valence-electron chi connectivity index (χ3n) is 2.36.